The predicted molar refractivity (Wildman–Crippen MR) is 208 cm³/mol. The van der Waals surface area contributed by atoms with E-state index in [4.69, 9.17) is 34.0 Å². The van der Waals surface area contributed by atoms with Crippen molar-refractivity contribution in [3.8, 4) is 29.1 Å². The van der Waals surface area contributed by atoms with Crippen molar-refractivity contribution in [2.75, 3.05) is 61.2 Å². The summed E-state index contributed by atoms with van der Waals surface area (Å²) < 4.78 is 22.3. The Balaban J connectivity index is 1.45. The summed E-state index contributed by atoms with van der Waals surface area (Å²) in [5.74, 6) is -3.62. The average molecular weight is 831 g/mol. The first-order valence-corrected chi connectivity index (χ1v) is 19.2. The quantitative estimate of drug-likeness (QED) is 0.104. The number of nitriles is 1. The van der Waals surface area contributed by atoms with E-state index >= 15 is 0 Å². The number of ether oxygens (including phenoxy) is 4. The highest BCUT2D eigenvalue weighted by Crippen LogP contribution is 2.39. The summed E-state index contributed by atoms with van der Waals surface area (Å²) in [5.41, 5.74) is 1.05. The van der Waals surface area contributed by atoms with Gasteiger partial charge in [-0.05, 0) is 88.0 Å². The van der Waals surface area contributed by atoms with Crippen LogP contribution in [-0.2, 0) is 34.3 Å². The number of nitrogens with zero attached hydrogens (tertiary/aromatic N) is 4. The van der Waals surface area contributed by atoms with Gasteiger partial charge in [0.25, 0.3) is 5.91 Å². The van der Waals surface area contributed by atoms with Crippen LogP contribution in [0, 0.1) is 22.2 Å². The van der Waals surface area contributed by atoms with Crippen LogP contribution in [0.3, 0.4) is 0 Å². The highest BCUT2D eigenvalue weighted by atomic mass is 17.0. The maximum Gasteiger partial charge on any atom is 0.486 e. The highest BCUT2D eigenvalue weighted by molar-refractivity contribution is 5.88. The first kappa shape index (κ1) is 47.7. The molecular weight excluding hydrogens is 774 g/mol. The lowest BCUT2D eigenvalue weighted by Crippen LogP contribution is -2.48. The van der Waals surface area contributed by atoms with Crippen LogP contribution in [-0.4, -0.2) is 121 Å². The number of hydrazine groups is 1. The molecule has 0 spiro atoms. The summed E-state index contributed by atoms with van der Waals surface area (Å²) in [6.45, 7) is 5.27. The van der Waals surface area contributed by atoms with E-state index in [0.717, 1.165) is 30.5 Å². The minimum atomic E-state index is -2.96. The van der Waals surface area contributed by atoms with Gasteiger partial charge in [-0.25, -0.2) is 14.6 Å². The first-order chi connectivity index (χ1) is 28.0. The minimum Gasteiger partial charge on any atom is -0.493 e. The van der Waals surface area contributed by atoms with Crippen molar-refractivity contribution in [2.45, 2.75) is 82.3 Å². The molecule has 0 radical (unpaired) electrons. The monoisotopic (exact) mass is 830 g/mol. The molecule has 1 aliphatic heterocycles. The van der Waals surface area contributed by atoms with E-state index in [9.17, 15) is 34.5 Å². The molecular formula is C40H56N5O14+. The fraction of sp³-hybridized carbons (Fsp3) is 0.575. The molecule has 2 aromatic rings. The summed E-state index contributed by atoms with van der Waals surface area (Å²) in [4.78, 5) is 69.9. The summed E-state index contributed by atoms with van der Waals surface area (Å²) in [6, 6.07) is 13.9. The van der Waals surface area contributed by atoms with Crippen molar-refractivity contribution in [1.82, 2.24) is 15.3 Å². The van der Waals surface area contributed by atoms with E-state index in [1.807, 2.05) is 37.4 Å². The normalized spacial score (nSPS) is 15.7. The third-order valence-corrected chi connectivity index (χ3v) is 10.4. The predicted octanol–water partition coefficient (Wildman–Crippen LogP) is 3.72. The number of aliphatic hydroxyl groups is 1. The Kier molecular flexibility index (Phi) is 18.1. The van der Waals surface area contributed by atoms with Crippen LogP contribution in [0.5, 0.6) is 23.0 Å². The van der Waals surface area contributed by atoms with Gasteiger partial charge >= 0.3 is 23.0 Å². The lowest BCUT2D eigenvalue weighted by Gasteiger charge is -2.30. The largest absolute Gasteiger partial charge is 0.493 e. The Morgan fingerprint density at radius 3 is 2.22 bits per heavy atom. The van der Waals surface area contributed by atoms with Crippen molar-refractivity contribution < 1.29 is 68.2 Å². The van der Waals surface area contributed by atoms with E-state index in [0.29, 0.717) is 61.8 Å². The smallest absolute Gasteiger partial charge is 0.486 e. The van der Waals surface area contributed by atoms with Gasteiger partial charge in [-0.2, -0.15) is 10.1 Å². The highest BCUT2D eigenvalue weighted by Gasteiger charge is 2.43. The summed E-state index contributed by atoms with van der Waals surface area (Å²) in [5, 5.41) is 39.4. The van der Waals surface area contributed by atoms with Crippen molar-refractivity contribution in [2.24, 2.45) is 5.92 Å². The Labute approximate surface area is 343 Å². The molecule has 0 aromatic heterocycles. The van der Waals surface area contributed by atoms with E-state index in [2.05, 4.69) is 35.1 Å². The number of amides is 1. The Hall–Kier alpha value is -5.71. The van der Waals surface area contributed by atoms with Crippen molar-refractivity contribution in [3.63, 3.8) is 0 Å². The van der Waals surface area contributed by atoms with Crippen LogP contribution < -0.4 is 24.4 Å². The molecule has 1 saturated heterocycles. The van der Waals surface area contributed by atoms with Gasteiger partial charge in [-0.1, -0.05) is 25.5 Å². The third kappa shape index (κ3) is 13.7. The Morgan fingerprint density at radius 2 is 1.63 bits per heavy atom. The molecule has 0 saturated carbocycles. The van der Waals surface area contributed by atoms with Crippen LogP contribution in [0.2, 0.25) is 0 Å². The SMILES string of the molecule is CCCC(C#N)(CCCN(C)C(C)c1ccc(OCC(=O)NN2CCC(CO[N+](=O)OC(=O)CC(O)(CC(=O)O)C(=O)O)CC2)c(OC)c1)c1ccc(OC)c(OC)c1. The number of rotatable bonds is 25. The van der Waals surface area contributed by atoms with Gasteiger partial charge < -0.3 is 34.3 Å². The van der Waals surface area contributed by atoms with E-state index in [1.165, 1.54) is 7.11 Å². The molecule has 3 unspecified atom stereocenters. The fourth-order valence-corrected chi connectivity index (χ4v) is 6.87. The number of carboxylic acids is 2. The number of nitrogens with one attached hydrogen (secondary N) is 1. The number of carboxylic acid groups (broad SMARTS) is 2. The van der Waals surface area contributed by atoms with Gasteiger partial charge in [0, 0.05) is 25.0 Å². The minimum absolute atomic E-state index is 0.000800. The molecule has 1 aliphatic rings. The molecule has 1 heterocycles. The molecule has 19 nitrogen and oxygen atoms in total. The van der Waals surface area contributed by atoms with Gasteiger partial charge in [0.05, 0.1) is 45.7 Å². The molecule has 3 atom stereocenters. The van der Waals surface area contributed by atoms with Crippen molar-refractivity contribution in [1.29, 1.82) is 5.26 Å². The third-order valence-electron chi connectivity index (χ3n) is 10.4. The first-order valence-electron chi connectivity index (χ1n) is 19.2. The Morgan fingerprint density at radius 1 is 0.983 bits per heavy atom. The summed E-state index contributed by atoms with van der Waals surface area (Å²) in [6.07, 6.45) is 1.43. The van der Waals surface area contributed by atoms with E-state index < -0.39 is 52.8 Å². The summed E-state index contributed by atoms with van der Waals surface area (Å²) in [7, 11) is 6.72. The average Bonchev–Trinajstić information content (AvgIpc) is 3.21. The van der Waals surface area contributed by atoms with Crippen LogP contribution in [0.15, 0.2) is 36.4 Å². The number of hydrogen-bond acceptors (Lipinski definition) is 15. The molecule has 2 aromatic carbocycles. The summed E-state index contributed by atoms with van der Waals surface area (Å²) >= 11 is 0. The zero-order valence-corrected chi connectivity index (χ0v) is 34.4. The molecule has 1 amide bonds. The van der Waals surface area contributed by atoms with E-state index in [-0.39, 0.29) is 25.2 Å². The molecule has 0 bridgehead atoms. The van der Waals surface area contributed by atoms with Crippen molar-refractivity contribution in [3.05, 3.63) is 52.4 Å². The zero-order chi connectivity index (χ0) is 43.8. The number of hydrogen-bond donors (Lipinski definition) is 4. The molecule has 324 valence electrons. The van der Waals surface area contributed by atoms with Crippen LogP contribution >= 0.6 is 0 Å². The second-order valence-corrected chi connectivity index (χ2v) is 14.5. The molecule has 59 heavy (non-hydrogen) atoms. The van der Waals surface area contributed by atoms with Crippen LogP contribution in [0.25, 0.3) is 0 Å². The molecule has 0 aliphatic carbocycles. The molecule has 1 fully saturated rings. The van der Waals surface area contributed by atoms with Gasteiger partial charge in [-0.3, -0.25) is 19.9 Å². The number of aliphatic carboxylic acids is 2. The fourth-order valence-electron chi connectivity index (χ4n) is 6.87. The second-order valence-electron chi connectivity index (χ2n) is 14.5. The number of piperidine rings is 1. The van der Waals surface area contributed by atoms with Crippen molar-refractivity contribution >= 4 is 23.8 Å². The molecule has 19 heteroatoms. The number of carbonyl (C=O) groups excluding carboxylic acids is 2. The Bertz CT molecular complexity index is 1810. The lowest BCUT2D eigenvalue weighted by atomic mass is 9.74. The molecule has 4 N–H and O–H groups in total. The number of benzene rings is 2. The number of methoxy groups -OCH3 is 3. The van der Waals surface area contributed by atoms with Gasteiger partial charge in [-0.15, -0.1) is 4.84 Å². The number of carbonyl (C=O) groups is 4. The van der Waals surface area contributed by atoms with Crippen LogP contribution in [0.4, 0.5) is 0 Å². The maximum atomic E-state index is 12.8. The maximum absolute atomic E-state index is 12.8. The lowest BCUT2D eigenvalue weighted by molar-refractivity contribution is -0.964. The van der Waals surface area contributed by atoms with E-state index in [1.54, 1.807) is 25.3 Å². The molecule has 3 rings (SSSR count). The topological polar surface area (TPSA) is 247 Å². The van der Waals surface area contributed by atoms with Gasteiger partial charge in [0.2, 0.25) is 0 Å². The standard InChI is InChI=1S/C40H55N5O14/c1-7-15-39(26-41,30-10-12-31(54-4)34(21-30)56-6)16-8-17-43(3)27(2)29-9-11-32(33(20-29)55-5)57-25-35(46)42-44-18-13-28(14-19-44)24-58-45(53)59-37(49)23-40(52,38(50)51)22-36(47)48/h9-12,20-21,27-28,52H,7-8,13-19,22-25H2,1-6H3,(H2-,42,46,47,48,50,51)/p+1. The van der Waals surface area contributed by atoms with Gasteiger partial charge in [0.15, 0.2) is 41.8 Å². The van der Waals surface area contributed by atoms with Gasteiger partial charge in [0.1, 0.15) is 4.91 Å². The van der Waals surface area contributed by atoms with Crippen LogP contribution in [0.1, 0.15) is 82.4 Å². The second kappa shape index (κ2) is 22.4. The zero-order valence-electron chi connectivity index (χ0n) is 34.4.